The normalized spacial score (nSPS) is 22.0. The summed E-state index contributed by atoms with van der Waals surface area (Å²) in [5, 5.41) is 0. The number of nitrogens with two attached hydrogens (primary N) is 1. The lowest BCUT2D eigenvalue weighted by Gasteiger charge is -2.31. The lowest BCUT2D eigenvalue weighted by Crippen LogP contribution is -2.33. The molecule has 12 heavy (non-hydrogen) atoms. The second-order valence-corrected chi connectivity index (χ2v) is 4.48. The minimum atomic E-state index is 0.568. The molecular weight excluding hydrogens is 148 g/mol. The van der Waals surface area contributed by atoms with Crippen LogP contribution in [-0.4, -0.2) is 32.1 Å². The fraction of sp³-hybridized carbons (Fsp3) is 1.00. The Kier molecular flexibility index (Phi) is 3.53. The van der Waals surface area contributed by atoms with Gasteiger partial charge in [-0.05, 0) is 45.3 Å². The Morgan fingerprint density at radius 2 is 1.83 bits per heavy atom. The molecule has 1 saturated carbocycles. The van der Waals surface area contributed by atoms with E-state index in [0.717, 1.165) is 6.54 Å². The van der Waals surface area contributed by atoms with Crippen LogP contribution >= 0.6 is 0 Å². The molecule has 0 aromatic heterocycles. The average molecular weight is 170 g/mol. The topological polar surface area (TPSA) is 29.3 Å². The van der Waals surface area contributed by atoms with Crippen molar-refractivity contribution in [1.29, 1.82) is 0 Å². The van der Waals surface area contributed by atoms with Gasteiger partial charge in [-0.15, -0.1) is 0 Å². The molecule has 2 nitrogen and oxygen atoms in total. The van der Waals surface area contributed by atoms with E-state index in [-0.39, 0.29) is 0 Å². The fourth-order valence-electron chi connectivity index (χ4n) is 2.59. The first-order valence-corrected chi connectivity index (χ1v) is 5.03. The third-order valence-corrected chi connectivity index (χ3v) is 2.99. The minimum Gasteiger partial charge on any atom is -0.330 e. The molecule has 1 fully saturated rings. The van der Waals surface area contributed by atoms with Crippen LogP contribution in [0.3, 0.4) is 0 Å². The Morgan fingerprint density at radius 1 is 1.25 bits per heavy atom. The first kappa shape index (κ1) is 10.0. The summed E-state index contributed by atoms with van der Waals surface area (Å²) in [6, 6.07) is 0. The highest BCUT2D eigenvalue weighted by Gasteiger charge is 2.33. The predicted octanol–water partition coefficient (Wildman–Crippen LogP) is 1.46. The van der Waals surface area contributed by atoms with Crippen LogP contribution in [-0.2, 0) is 0 Å². The number of rotatable bonds is 4. The van der Waals surface area contributed by atoms with Crippen molar-refractivity contribution in [2.45, 2.75) is 32.1 Å². The van der Waals surface area contributed by atoms with Gasteiger partial charge in [0, 0.05) is 6.54 Å². The Balaban J connectivity index is 2.46. The second-order valence-electron chi connectivity index (χ2n) is 4.48. The molecule has 0 atom stereocenters. The molecule has 0 unspecified atom stereocenters. The van der Waals surface area contributed by atoms with Crippen molar-refractivity contribution in [3.63, 3.8) is 0 Å². The number of hydrogen-bond acceptors (Lipinski definition) is 2. The van der Waals surface area contributed by atoms with Crippen LogP contribution in [0.1, 0.15) is 32.1 Å². The standard InChI is InChI=1S/C10H22N2/c1-12(2)9-10(7-8-11)5-3-4-6-10/h3-9,11H2,1-2H3. The summed E-state index contributed by atoms with van der Waals surface area (Å²) in [7, 11) is 4.33. The maximum Gasteiger partial charge on any atom is 0.00323 e. The van der Waals surface area contributed by atoms with E-state index in [1.54, 1.807) is 0 Å². The van der Waals surface area contributed by atoms with E-state index in [1.165, 1.54) is 38.6 Å². The summed E-state index contributed by atoms with van der Waals surface area (Å²) in [5.41, 5.74) is 6.22. The first-order chi connectivity index (χ1) is 5.68. The molecule has 0 heterocycles. The second kappa shape index (κ2) is 4.24. The monoisotopic (exact) mass is 170 g/mol. The van der Waals surface area contributed by atoms with E-state index in [9.17, 15) is 0 Å². The maximum absolute atomic E-state index is 5.65. The fourth-order valence-corrected chi connectivity index (χ4v) is 2.59. The van der Waals surface area contributed by atoms with Crippen molar-refractivity contribution in [2.24, 2.45) is 11.1 Å². The molecule has 0 radical (unpaired) electrons. The summed E-state index contributed by atoms with van der Waals surface area (Å²) < 4.78 is 0. The van der Waals surface area contributed by atoms with Gasteiger partial charge in [-0.3, -0.25) is 0 Å². The van der Waals surface area contributed by atoms with Gasteiger partial charge in [0.1, 0.15) is 0 Å². The highest BCUT2D eigenvalue weighted by molar-refractivity contribution is 4.86. The zero-order valence-corrected chi connectivity index (χ0v) is 8.47. The zero-order valence-electron chi connectivity index (χ0n) is 8.47. The van der Waals surface area contributed by atoms with E-state index < -0.39 is 0 Å². The molecule has 0 aliphatic heterocycles. The third kappa shape index (κ3) is 2.46. The van der Waals surface area contributed by atoms with Gasteiger partial charge in [0.15, 0.2) is 0 Å². The SMILES string of the molecule is CN(C)CC1(CCN)CCCC1. The molecule has 0 aromatic rings. The molecule has 0 bridgehead atoms. The zero-order chi connectivity index (χ0) is 9.03. The summed E-state index contributed by atoms with van der Waals surface area (Å²) in [6.45, 7) is 2.08. The summed E-state index contributed by atoms with van der Waals surface area (Å²) in [5.74, 6) is 0. The number of nitrogens with zero attached hydrogens (tertiary/aromatic N) is 1. The Labute approximate surface area is 76.1 Å². The average Bonchev–Trinajstić information content (AvgIpc) is 2.36. The highest BCUT2D eigenvalue weighted by atomic mass is 15.1. The molecule has 0 amide bonds. The Hall–Kier alpha value is -0.0800. The van der Waals surface area contributed by atoms with Crippen LogP contribution < -0.4 is 5.73 Å². The Bertz CT molecular complexity index is 126. The van der Waals surface area contributed by atoms with Gasteiger partial charge in [0.2, 0.25) is 0 Å². The molecule has 72 valence electrons. The molecule has 1 rings (SSSR count). The van der Waals surface area contributed by atoms with E-state index in [4.69, 9.17) is 5.73 Å². The van der Waals surface area contributed by atoms with E-state index in [2.05, 4.69) is 19.0 Å². The predicted molar refractivity (Wildman–Crippen MR) is 53.1 cm³/mol. The van der Waals surface area contributed by atoms with Gasteiger partial charge in [0.25, 0.3) is 0 Å². The van der Waals surface area contributed by atoms with Gasteiger partial charge in [-0.1, -0.05) is 12.8 Å². The lowest BCUT2D eigenvalue weighted by molar-refractivity contribution is 0.190. The van der Waals surface area contributed by atoms with Gasteiger partial charge in [-0.25, -0.2) is 0 Å². The van der Waals surface area contributed by atoms with Crippen LogP contribution in [0.5, 0.6) is 0 Å². The van der Waals surface area contributed by atoms with E-state index >= 15 is 0 Å². The van der Waals surface area contributed by atoms with Crippen molar-refractivity contribution in [1.82, 2.24) is 4.90 Å². The Morgan fingerprint density at radius 3 is 2.25 bits per heavy atom. The number of hydrogen-bond donors (Lipinski definition) is 1. The van der Waals surface area contributed by atoms with Crippen LogP contribution in [0.4, 0.5) is 0 Å². The summed E-state index contributed by atoms with van der Waals surface area (Å²) in [4.78, 5) is 2.31. The van der Waals surface area contributed by atoms with Crippen molar-refractivity contribution in [3.8, 4) is 0 Å². The molecule has 2 N–H and O–H groups in total. The largest absolute Gasteiger partial charge is 0.330 e. The van der Waals surface area contributed by atoms with Gasteiger partial charge >= 0.3 is 0 Å². The van der Waals surface area contributed by atoms with Crippen LogP contribution in [0, 0.1) is 5.41 Å². The summed E-state index contributed by atoms with van der Waals surface area (Å²) >= 11 is 0. The van der Waals surface area contributed by atoms with Crippen molar-refractivity contribution in [3.05, 3.63) is 0 Å². The van der Waals surface area contributed by atoms with Gasteiger partial charge in [0.05, 0.1) is 0 Å². The van der Waals surface area contributed by atoms with E-state index in [1.807, 2.05) is 0 Å². The van der Waals surface area contributed by atoms with Gasteiger partial charge < -0.3 is 10.6 Å². The molecule has 0 saturated heterocycles. The smallest absolute Gasteiger partial charge is 0.00323 e. The molecule has 0 spiro atoms. The summed E-state index contributed by atoms with van der Waals surface area (Å²) in [6.07, 6.45) is 6.82. The minimum absolute atomic E-state index is 0.568. The van der Waals surface area contributed by atoms with Crippen LogP contribution in [0.15, 0.2) is 0 Å². The highest BCUT2D eigenvalue weighted by Crippen LogP contribution is 2.40. The quantitative estimate of drug-likeness (QED) is 0.692. The molecule has 1 aliphatic carbocycles. The van der Waals surface area contributed by atoms with E-state index in [0.29, 0.717) is 5.41 Å². The van der Waals surface area contributed by atoms with Gasteiger partial charge in [-0.2, -0.15) is 0 Å². The van der Waals surface area contributed by atoms with Crippen LogP contribution in [0.25, 0.3) is 0 Å². The van der Waals surface area contributed by atoms with Crippen molar-refractivity contribution < 1.29 is 0 Å². The van der Waals surface area contributed by atoms with Crippen molar-refractivity contribution >= 4 is 0 Å². The van der Waals surface area contributed by atoms with Crippen molar-refractivity contribution in [2.75, 3.05) is 27.2 Å². The lowest BCUT2D eigenvalue weighted by atomic mass is 9.82. The molecule has 2 heteroatoms. The van der Waals surface area contributed by atoms with Crippen LogP contribution in [0.2, 0.25) is 0 Å². The molecular formula is C10H22N2. The first-order valence-electron chi connectivity index (χ1n) is 5.03. The maximum atomic E-state index is 5.65. The molecule has 0 aromatic carbocycles. The molecule has 1 aliphatic rings. The third-order valence-electron chi connectivity index (χ3n) is 2.99.